The van der Waals surface area contributed by atoms with Gasteiger partial charge in [-0.3, -0.25) is 40.2 Å². The summed E-state index contributed by atoms with van der Waals surface area (Å²) in [5, 5.41) is 11.0. The zero-order valence-corrected chi connectivity index (χ0v) is 19.4. The van der Waals surface area contributed by atoms with Crippen LogP contribution in [0.5, 0.6) is 0 Å². The molecule has 0 radical (unpaired) electrons. The van der Waals surface area contributed by atoms with Crippen molar-refractivity contribution < 1.29 is 19.3 Å². The quantitative estimate of drug-likeness (QED) is 0.248. The minimum Gasteiger partial charge on any atom is -0.293 e. The summed E-state index contributed by atoms with van der Waals surface area (Å²) in [7, 11) is 0. The minimum atomic E-state index is -0.800. The number of allylic oxidation sites excluding steroid dienone is 2. The number of nitrogens with one attached hydrogen (secondary N) is 2. The van der Waals surface area contributed by atoms with E-state index < -0.39 is 16.7 Å². The molecule has 0 atom stereocenters. The minimum absolute atomic E-state index is 0.0151. The number of benzene rings is 2. The van der Waals surface area contributed by atoms with Gasteiger partial charge in [0.1, 0.15) is 9.88 Å². The van der Waals surface area contributed by atoms with Crippen LogP contribution < -0.4 is 10.9 Å². The summed E-state index contributed by atoms with van der Waals surface area (Å²) in [5.41, 5.74) is 4.86. The van der Waals surface area contributed by atoms with Crippen LogP contribution >= 0.6 is 24.0 Å². The number of para-hydroxylation sites is 1. The highest BCUT2D eigenvalue weighted by Gasteiger charge is 2.31. The first-order valence-electron chi connectivity index (χ1n) is 10.2. The van der Waals surface area contributed by atoms with E-state index in [-0.39, 0.29) is 30.1 Å². The second-order valence-electron chi connectivity index (χ2n) is 7.01. The maximum Gasteiger partial charge on any atom is 0.282 e. The summed E-state index contributed by atoms with van der Waals surface area (Å²) in [6, 6.07) is 15.1. The van der Waals surface area contributed by atoms with Gasteiger partial charge in [0.2, 0.25) is 5.91 Å². The molecule has 0 aromatic heterocycles. The van der Waals surface area contributed by atoms with Crippen molar-refractivity contribution in [2.24, 2.45) is 0 Å². The Hall–Kier alpha value is -3.83. The smallest absolute Gasteiger partial charge is 0.282 e. The van der Waals surface area contributed by atoms with E-state index in [4.69, 9.17) is 12.2 Å². The van der Waals surface area contributed by atoms with Gasteiger partial charge in [-0.05, 0) is 24.1 Å². The number of rotatable bonds is 8. The number of hydrogen-bond donors (Lipinski definition) is 2. The van der Waals surface area contributed by atoms with E-state index in [2.05, 4.69) is 10.9 Å². The molecule has 0 aliphatic carbocycles. The molecule has 0 bridgehead atoms. The summed E-state index contributed by atoms with van der Waals surface area (Å²) >= 11 is 6.48. The number of thiocarbonyl (C=S) groups is 1. The molecule has 2 aromatic carbocycles. The van der Waals surface area contributed by atoms with Crippen molar-refractivity contribution in [2.75, 3.05) is 6.54 Å². The van der Waals surface area contributed by atoms with Gasteiger partial charge < -0.3 is 0 Å². The number of carbonyl (C=O) groups is 3. The van der Waals surface area contributed by atoms with Gasteiger partial charge in [0.05, 0.1) is 9.83 Å². The topological polar surface area (TPSA) is 122 Å². The first-order valence-corrected chi connectivity index (χ1v) is 11.4. The van der Waals surface area contributed by atoms with Gasteiger partial charge in [-0.25, -0.2) is 0 Å². The van der Waals surface area contributed by atoms with Crippen LogP contribution in [-0.4, -0.2) is 38.4 Å². The monoisotopic (exact) mass is 496 g/mol. The van der Waals surface area contributed by atoms with Crippen LogP contribution in [0.1, 0.15) is 28.8 Å². The van der Waals surface area contributed by atoms with Crippen LogP contribution in [0.25, 0.3) is 6.08 Å². The maximum absolute atomic E-state index is 12.6. The van der Waals surface area contributed by atoms with E-state index in [1.54, 1.807) is 12.2 Å². The summed E-state index contributed by atoms with van der Waals surface area (Å²) in [6.45, 7) is 0.246. The van der Waals surface area contributed by atoms with Crippen molar-refractivity contribution in [1.82, 2.24) is 15.8 Å². The zero-order chi connectivity index (χ0) is 24.5. The molecule has 2 N–H and O–H groups in total. The highest BCUT2D eigenvalue weighted by Crippen LogP contribution is 2.31. The number of nitro groups is 1. The molecule has 1 aliphatic rings. The number of hydrogen-bond acceptors (Lipinski definition) is 7. The van der Waals surface area contributed by atoms with E-state index in [1.807, 2.05) is 36.4 Å². The van der Waals surface area contributed by atoms with Crippen LogP contribution in [-0.2, 0) is 9.59 Å². The molecule has 1 saturated heterocycles. The Kier molecular flexibility index (Phi) is 8.66. The van der Waals surface area contributed by atoms with Gasteiger partial charge in [0.25, 0.3) is 17.5 Å². The Morgan fingerprint density at radius 3 is 2.53 bits per heavy atom. The predicted molar refractivity (Wildman–Crippen MR) is 133 cm³/mol. The Balaban J connectivity index is 1.45. The van der Waals surface area contributed by atoms with E-state index in [1.165, 1.54) is 40.9 Å². The second-order valence-corrected chi connectivity index (χ2v) is 8.68. The van der Waals surface area contributed by atoms with Gasteiger partial charge in [0, 0.05) is 19.0 Å². The van der Waals surface area contributed by atoms with Crippen LogP contribution in [0, 0.1) is 10.1 Å². The van der Waals surface area contributed by atoms with E-state index in [0.29, 0.717) is 15.6 Å². The Bertz CT molecular complexity index is 1180. The Morgan fingerprint density at radius 1 is 1.09 bits per heavy atom. The molecule has 1 fully saturated rings. The molecule has 1 aliphatic heterocycles. The summed E-state index contributed by atoms with van der Waals surface area (Å²) in [6.07, 6.45) is 5.70. The number of amides is 3. The number of thioether (sulfide) groups is 1. The van der Waals surface area contributed by atoms with Crippen molar-refractivity contribution in [3.63, 3.8) is 0 Å². The molecular formula is C23H20N4O5S2. The number of nitrogens with zero attached hydrogens (tertiary/aromatic N) is 2. The highest BCUT2D eigenvalue weighted by molar-refractivity contribution is 8.26. The number of nitro benzene ring substituents is 1. The largest absolute Gasteiger partial charge is 0.293 e. The molecular weight excluding hydrogens is 476 g/mol. The van der Waals surface area contributed by atoms with Crippen molar-refractivity contribution in [3.05, 3.63) is 92.9 Å². The van der Waals surface area contributed by atoms with E-state index in [0.717, 1.165) is 5.56 Å². The van der Waals surface area contributed by atoms with Crippen molar-refractivity contribution in [1.29, 1.82) is 0 Å². The van der Waals surface area contributed by atoms with Crippen molar-refractivity contribution in [3.8, 4) is 0 Å². The molecule has 0 spiro atoms. The lowest BCUT2D eigenvalue weighted by Gasteiger charge is -2.14. The van der Waals surface area contributed by atoms with E-state index >= 15 is 0 Å². The molecule has 0 saturated carbocycles. The van der Waals surface area contributed by atoms with Crippen LogP contribution in [0.3, 0.4) is 0 Å². The van der Waals surface area contributed by atoms with Gasteiger partial charge in [-0.1, -0.05) is 78.6 Å². The summed E-state index contributed by atoms with van der Waals surface area (Å²) in [4.78, 5) is 49.1. The summed E-state index contributed by atoms with van der Waals surface area (Å²) < 4.78 is 0.412. The third-order valence-electron chi connectivity index (χ3n) is 4.66. The van der Waals surface area contributed by atoms with Gasteiger partial charge >= 0.3 is 0 Å². The molecule has 0 unspecified atom stereocenters. The SMILES string of the molecule is O=C(CCCN1C(=O)/C(=C/C=C/c2ccccc2)SC1=S)NNC(=O)c1ccccc1[N+](=O)[O-]. The number of hydrazine groups is 1. The van der Waals surface area contributed by atoms with Crippen molar-refractivity contribution >= 4 is 57.8 Å². The first-order chi connectivity index (χ1) is 16.4. The third-order valence-corrected chi connectivity index (χ3v) is 6.05. The lowest BCUT2D eigenvalue weighted by Crippen LogP contribution is -2.42. The first kappa shape index (κ1) is 24.8. The predicted octanol–water partition coefficient (Wildman–Crippen LogP) is 3.59. The Labute approximate surface area is 205 Å². The highest BCUT2D eigenvalue weighted by atomic mass is 32.2. The lowest BCUT2D eigenvalue weighted by molar-refractivity contribution is -0.385. The fourth-order valence-electron chi connectivity index (χ4n) is 3.00. The standard InChI is InChI=1S/C23H20N4O5S2/c28-20(24-25-21(29)17-11-4-5-12-18(17)27(31)32)14-7-15-26-22(30)19(34-23(26)33)13-6-10-16-8-2-1-3-9-16/h1-6,8-13H,7,14-15H2,(H,24,28)(H,25,29)/b10-6+,19-13-. The molecule has 2 aromatic rings. The summed E-state index contributed by atoms with van der Waals surface area (Å²) in [5.74, 6) is -1.53. The van der Waals surface area contributed by atoms with Crippen LogP contribution in [0.4, 0.5) is 5.69 Å². The normalized spacial score (nSPS) is 14.6. The van der Waals surface area contributed by atoms with Gasteiger partial charge in [-0.15, -0.1) is 0 Å². The molecule has 174 valence electrons. The van der Waals surface area contributed by atoms with Gasteiger partial charge in [-0.2, -0.15) is 0 Å². The average Bonchev–Trinajstić information content (AvgIpc) is 3.10. The Morgan fingerprint density at radius 2 is 1.79 bits per heavy atom. The molecule has 9 nitrogen and oxygen atoms in total. The molecule has 3 amide bonds. The fraction of sp³-hybridized carbons (Fsp3) is 0.130. The molecule has 1 heterocycles. The zero-order valence-electron chi connectivity index (χ0n) is 17.8. The fourth-order valence-corrected chi connectivity index (χ4v) is 4.26. The van der Waals surface area contributed by atoms with Crippen LogP contribution in [0.15, 0.2) is 71.7 Å². The lowest BCUT2D eigenvalue weighted by atomic mass is 10.2. The number of carbonyl (C=O) groups excluding carboxylic acids is 3. The second kappa shape index (κ2) is 11.9. The van der Waals surface area contributed by atoms with E-state index in [9.17, 15) is 24.5 Å². The average molecular weight is 497 g/mol. The molecule has 11 heteroatoms. The molecule has 34 heavy (non-hydrogen) atoms. The maximum atomic E-state index is 12.6. The van der Waals surface area contributed by atoms with Crippen molar-refractivity contribution in [2.45, 2.75) is 12.8 Å². The van der Waals surface area contributed by atoms with Crippen LogP contribution in [0.2, 0.25) is 0 Å². The van der Waals surface area contributed by atoms with Gasteiger partial charge in [0.15, 0.2) is 0 Å². The third kappa shape index (κ3) is 6.59. The molecule has 3 rings (SSSR count).